The number of sulfonamides is 1. The number of nitrogens with one attached hydrogen (secondary N) is 1. The van der Waals surface area contributed by atoms with Crippen LogP contribution in [0.5, 0.6) is 0 Å². The van der Waals surface area contributed by atoms with Crippen molar-refractivity contribution in [2.24, 2.45) is 5.92 Å². The summed E-state index contributed by atoms with van der Waals surface area (Å²) >= 11 is 6.38. The number of rotatable bonds is 6. The van der Waals surface area contributed by atoms with E-state index in [1.54, 1.807) is 0 Å². The fourth-order valence-electron chi connectivity index (χ4n) is 1.75. The van der Waals surface area contributed by atoms with Crippen LogP contribution in [0.15, 0.2) is 16.3 Å². The molecule has 0 aliphatic carbocycles. The van der Waals surface area contributed by atoms with Gasteiger partial charge in [0.1, 0.15) is 9.99 Å². The highest BCUT2D eigenvalue weighted by atomic mass is 35.5. The maximum atomic E-state index is 12.4. The van der Waals surface area contributed by atoms with Gasteiger partial charge in [0, 0.05) is 6.42 Å². The molecule has 1 N–H and O–H groups in total. The number of alkyl halides is 3. The highest BCUT2D eigenvalue weighted by Crippen LogP contribution is 2.29. The maximum Gasteiger partial charge on any atom is 0.389 e. The van der Waals surface area contributed by atoms with Crippen LogP contribution >= 0.6 is 22.9 Å². The van der Waals surface area contributed by atoms with Crippen molar-refractivity contribution in [3.05, 3.63) is 16.5 Å². The molecule has 21 heavy (non-hydrogen) atoms. The number of ketones is 1. The van der Waals surface area contributed by atoms with Crippen LogP contribution in [0.25, 0.3) is 0 Å². The Kier molecular flexibility index (Phi) is 5.82. The third kappa shape index (κ3) is 5.57. The van der Waals surface area contributed by atoms with Crippen LogP contribution < -0.4 is 4.72 Å². The van der Waals surface area contributed by atoms with E-state index in [-0.39, 0.29) is 8.55 Å². The molecule has 0 saturated carbocycles. The summed E-state index contributed by atoms with van der Waals surface area (Å²) in [6, 6.07) is 1.13. The zero-order chi connectivity index (χ0) is 16.4. The number of Topliss-reactive ketones (excluding diaryl/α,β-unsaturated/α-hetero) is 1. The molecule has 1 aromatic rings. The third-order valence-corrected chi connectivity index (χ3v) is 5.82. The van der Waals surface area contributed by atoms with E-state index in [1.165, 1.54) is 19.1 Å². The summed E-state index contributed by atoms with van der Waals surface area (Å²) in [6.07, 6.45) is -5.74. The Morgan fingerprint density at radius 3 is 2.38 bits per heavy atom. The van der Waals surface area contributed by atoms with Gasteiger partial charge in [-0.05, 0) is 25.0 Å². The van der Waals surface area contributed by atoms with Gasteiger partial charge in [0.05, 0.1) is 10.4 Å². The molecule has 0 saturated heterocycles. The van der Waals surface area contributed by atoms with Crippen LogP contribution in [-0.2, 0) is 14.8 Å². The van der Waals surface area contributed by atoms with Crippen molar-refractivity contribution >= 4 is 38.7 Å². The zero-order valence-corrected chi connectivity index (χ0v) is 13.5. The molecule has 0 aliphatic heterocycles. The van der Waals surface area contributed by atoms with Gasteiger partial charge in [-0.3, -0.25) is 4.79 Å². The van der Waals surface area contributed by atoms with E-state index in [4.69, 9.17) is 11.6 Å². The lowest BCUT2D eigenvalue weighted by atomic mass is 9.96. The SMILES string of the molecule is CC(=O)C(NS(=O)(=O)c1ccc(Cl)s1)C(C)CC(F)(F)F. The summed E-state index contributed by atoms with van der Waals surface area (Å²) in [5.41, 5.74) is 0. The van der Waals surface area contributed by atoms with Crippen LogP contribution in [0.2, 0.25) is 4.34 Å². The fourth-order valence-corrected chi connectivity index (χ4v) is 4.61. The Hall–Kier alpha value is -0.640. The smallest absolute Gasteiger partial charge is 0.298 e. The molecular formula is C11H13ClF3NO3S2. The lowest BCUT2D eigenvalue weighted by Gasteiger charge is -2.23. The molecule has 0 amide bonds. The van der Waals surface area contributed by atoms with Crippen LogP contribution in [-0.4, -0.2) is 26.4 Å². The van der Waals surface area contributed by atoms with Crippen molar-refractivity contribution in [1.82, 2.24) is 4.72 Å². The van der Waals surface area contributed by atoms with E-state index in [1.807, 2.05) is 4.72 Å². The predicted octanol–water partition coefficient (Wildman–Crippen LogP) is 3.23. The Morgan fingerprint density at radius 2 is 2.00 bits per heavy atom. The number of hydrogen-bond donors (Lipinski definition) is 1. The summed E-state index contributed by atoms with van der Waals surface area (Å²) < 4.78 is 63.3. The number of halogens is 4. The van der Waals surface area contributed by atoms with Crippen molar-refractivity contribution in [2.75, 3.05) is 0 Å². The van der Waals surface area contributed by atoms with Crippen LogP contribution in [0.4, 0.5) is 13.2 Å². The first-order chi connectivity index (χ1) is 9.42. The van der Waals surface area contributed by atoms with E-state index in [9.17, 15) is 26.4 Å². The second kappa shape index (κ2) is 6.64. The average Bonchev–Trinajstić information content (AvgIpc) is 2.70. The fraction of sp³-hybridized carbons (Fsp3) is 0.545. The van der Waals surface area contributed by atoms with Gasteiger partial charge in [-0.25, -0.2) is 8.42 Å². The molecule has 0 fully saturated rings. The minimum Gasteiger partial charge on any atom is -0.298 e. The van der Waals surface area contributed by atoms with Gasteiger partial charge < -0.3 is 0 Å². The highest BCUT2D eigenvalue weighted by molar-refractivity contribution is 7.91. The molecule has 1 heterocycles. The van der Waals surface area contributed by atoms with E-state index in [2.05, 4.69) is 0 Å². The number of thiophene rings is 1. The molecule has 0 aliphatic rings. The Bertz CT molecular complexity index is 612. The molecule has 0 bridgehead atoms. The van der Waals surface area contributed by atoms with Gasteiger partial charge in [0.15, 0.2) is 0 Å². The lowest BCUT2D eigenvalue weighted by Crippen LogP contribution is -2.45. The van der Waals surface area contributed by atoms with Gasteiger partial charge >= 0.3 is 6.18 Å². The molecule has 4 nitrogen and oxygen atoms in total. The van der Waals surface area contributed by atoms with Gasteiger partial charge in [-0.15, -0.1) is 11.3 Å². The summed E-state index contributed by atoms with van der Waals surface area (Å²) in [5, 5.41) is 0. The predicted molar refractivity (Wildman–Crippen MR) is 74.0 cm³/mol. The van der Waals surface area contributed by atoms with Crippen molar-refractivity contribution in [1.29, 1.82) is 0 Å². The van der Waals surface area contributed by atoms with Gasteiger partial charge in [0.2, 0.25) is 0 Å². The number of carbonyl (C=O) groups excluding carboxylic acids is 1. The Labute approximate surface area is 129 Å². The number of carbonyl (C=O) groups is 1. The molecule has 0 spiro atoms. The molecular weight excluding hydrogens is 351 g/mol. The van der Waals surface area contributed by atoms with Crippen molar-refractivity contribution in [3.63, 3.8) is 0 Å². The minimum absolute atomic E-state index is 0.155. The summed E-state index contributed by atoms with van der Waals surface area (Å²) in [4.78, 5) is 11.5. The van der Waals surface area contributed by atoms with Crippen molar-refractivity contribution in [2.45, 2.75) is 36.7 Å². The largest absolute Gasteiger partial charge is 0.389 e. The molecule has 2 unspecified atom stereocenters. The molecule has 10 heteroatoms. The van der Waals surface area contributed by atoms with Gasteiger partial charge in [-0.2, -0.15) is 17.9 Å². The second-order valence-electron chi connectivity index (χ2n) is 4.56. The molecule has 2 atom stereocenters. The molecule has 0 radical (unpaired) electrons. The minimum atomic E-state index is -4.48. The van der Waals surface area contributed by atoms with Gasteiger partial charge in [-0.1, -0.05) is 18.5 Å². The molecule has 1 aromatic heterocycles. The van der Waals surface area contributed by atoms with E-state index < -0.39 is 40.4 Å². The lowest BCUT2D eigenvalue weighted by molar-refractivity contribution is -0.146. The van der Waals surface area contributed by atoms with E-state index in [0.717, 1.165) is 18.3 Å². The molecule has 1 rings (SSSR count). The van der Waals surface area contributed by atoms with E-state index >= 15 is 0 Å². The number of hydrogen-bond acceptors (Lipinski definition) is 4. The van der Waals surface area contributed by atoms with Crippen molar-refractivity contribution < 1.29 is 26.4 Å². The first kappa shape index (κ1) is 18.4. The monoisotopic (exact) mass is 363 g/mol. The normalized spacial score (nSPS) is 15.7. The topological polar surface area (TPSA) is 63.2 Å². The van der Waals surface area contributed by atoms with Crippen molar-refractivity contribution in [3.8, 4) is 0 Å². The molecule has 120 valence electrons. The highest BCUT2D eigenvalue weighted by Gasteiger charge is 2.37. The van der Waals surface area contributed by atoms with Crippen LogP contribution in [0, 0.1) is 5.92 Å². The second-order valence-corrected chi connectivity index (χ2v) is 8.22. The van der Waals surface area contributed by atoms with Gasteiger partial charge in [0.25, 0.3) is 10.0 Å². The quantitative estimate of drug-likeness (QED) is 0.844. The first-order valence-corrected chi connectivity index (χ1v) is 8.45. The Balaban J connectivity index is 2.96. The maximum absolute atomic E-state index is 12.4. The first-order valence-electron chi connectivity index (χ1n) is 5.77. The Morgan fingerprint density at radius 1 is 1.43 bits per heavy atom. The molecule has 0 aromatic carbocycles. The average molecular weight is 364 g/mol. The standard InChI is InChI=1S/C11H13ClF3NO3S2/c1-6(5-11(13,14)15)10(7(2)17)16-21(18,19)9-4-3-8(12)20-9/h3-4,6,10,16H,5H2,1-2H3. The van der Waals surface area contributed by atoms with E-state index in [0.29, 0.717) is 0 Å². The summed E-state index contributed by atoms with van der Waals surface area (Å²) in [6.45, 7) is 2.21. The zero-order valence-electron chi connectivity index (χ0n) is 11.1. The third-order valence-electron chi connectivity index (χ3n) is 2.66. The van der Waals surface area contributed by atoms with Crippen LogP contribution in [0.1, 0.15) is 20.3 Å². The summed E-state index contributed by atoms with van der Waals surface area (Å²) in [5.74, 6) is -1.90. The summed E-state index contributed by atoms with van der Waals surface area (Å²) in [7, 11) is -4.09. The van der Waals surface area contributed by atoms with Crippen LogP contribution in [0.3, 0.4) is 0 Å².